The van der Waals surface area contributed by atoms with Gasteiger partial charge in [0.2, 0.25) is 0 Å². The van der Waals surface area contributed by atoms with Gasteiger partial charge in [0.15, 0.2) is 0 Å². The molecule has 0 unspecified atom stereocenters. The van der Waals surface area contributed by atoms with Crippen molar-refractivity contribution in [3.63, 3.8) is 0 Å². The SMILES string of the molecule is CC(C)[C@@H](N[C@@H](C)CO)c1ccccc1. The van der Waals surface area contributed by atoms with E-state index in [0.717, 1.165) is 0 Å². The highest BCUT2D eigenvalue weighted by molar-refractivity contribution is 5.19. The van der Waals surface area contributed by atoms with Gasteiger partial charge in [0.05, 0.1) is 6.61 Å². The normalized spacial score (nSPS) is 15.3. The molecule has 0 amide bonds. The standard InChI is InChI=1S/C13H21NO/c1-10(2)13(14-11(3)9-15)12-7-5-4-6-8-12/h4-8,10-11,13-15H,9H2,1-3H3/t11-,13+/m0/s1. The number of hydrogen-bond acceptors (Lipinski definition) is 2. The Bertz CT molecular complexity index is 271. The molecule has 0 saturated heterocycles. The summed E-state index contributed by atoms with van der Waals surface area (Å²) in [6, 6.07) is 10.8. The summed E-state index contributed by atoms with van der Waals surface area (Å²) in [4.78, 5) is 0. The van der Waals surface area contributed by atoms with Crippen molar-refractivity contribution < 1.29 is 5.11 Å². The first-order valence-corrected chi connectivity index (χ1v) is 5.57. The van der Waals surface area contributed by atoms with Gasteiger partial charge >= 0.3 is 0 Å². The van der Waals surface area contributed by atoms with E-state index in [0.29, 0.717) is 12.0 Å². The molecule has 0 aliphatic rings. The Morgan fingerprint density at radius 2 is 1.73 bits per heavy atom. The smallest absolute Gasteiger partial charge is 0.0582 e. The van der Waals surface area contributed by atoms with E-state index in [4.69, 9.17) is 5.11 Å². The second-order valence-electron chi connectivity index (χ2n) is 4.38. The zero-order valence-electron chi connectivity index (χ0n) is 9.77. The van der Waals surface area contributed by atoms with Crippen LogP contribution in [-0.2, 0) is 0 Å². The lowest BCUT2D eigenvalue weighted by Crippen LogP contribution is -2.35. The number of nitrogens with one attached hydrogen (secondary N) is 1. The van der Waals surface area contributed by atoms with Crippen molar-refractivity contribution in [3.05, 3.63) is 35.9 Å². The van der Waals surface area contributed by atoms with Gasteiger partial charge in [-0.2, -0.15) is 0 Å². The Morgan fingerprint density at radius 3 is 2.20 bits per heavy atom. The minimum absolute atomic E-state index is 0.137. The van der Waals surface area contributed by atoms with Gasteiger partial charge in [-0.3, -0.25) is 0 Å². The molecule has 1 aromatic carbocycles. The van der Waals surface area contributed by atoms with Crippen LogP contribution in [0.4, 0.5) is 0 Å². The number of rotatable bonds is 5. The van der Waals surface area contributed by atoms with E-state index in [1.54, 1.807) is 0 Å². The molecule has 0 aliphatic carbocycles. The van der Waals surface area contributed by atoms with Gasteiger partial charge in [-0.25, -0.2) is 0 Å². The van der Waals surface area contributed by atoms with E-state index in [1.807, 2.05) is 13.0 Å². The van der Waals surface area contributed by atoms with E-state index in [1.165, 1.54) is 5.56 Å². The minimum atomic E-state index is 0.137. The fraction of sp³-hybridized carbons (Fsp3) is 0.538. The summed E-state index contributed by atoms with van der Waals surface area (Å²) in [5.74, 6) is 0.515. The molecule has 0 fully saturated rings. The van der Waals surface area contributed by atoms with Crippen LogP contribution in [-0.4, -0.2) is 17.8 Å². The van der Waals surface area contributed by atoms with E-state index >= 15 is 0 Å². The van der Waals surface area contributed by atoms with E-state index in [2.05, 4.69) is 43.4 Å². The van der Waals surface area contributed by atoms with Crippen LogP contribution in [0.1, 0.15) is 32.4 Å². The summed E-state index contributed by atoms with van der Waals surface area (Å²) in [5.41, 5.74) is 1.28. The molecule has 84 valence electrons. The molecule has 2 nitrogen and oxygen atoms in total. The zero-order valence-corrected chi connectivity index (χ0v) is 9.77. The molecule has 0 aromatic heterocycles. The molecule has 0 bridgehead atoms. The number of aliphatic hydroxyl groups is 1. The van der Waals surface area contributed by atoms with E-state index < -0.39 is 0 Å². The van der Waals surface area contributed by atoms with Crippen molar-refractivity contribution in [2.75, 3.05) is 6.61 Å². The molecule has 0 spiro atoms. The maximum Gasteiger partial charge on any atom is 0.0582 e. The lowest BCUT2D eigenvalue weighted by atomic mass is 9.95. The number of aliphatic hydroxyl groups excluding tert-OH is 1. The first-order chi connectivity index (χ1) is 7.15. The van der Waals surface area contributed by atoms with Gasteiger partial charge in [-0.1, -0.05) is 44.2 Å². The van der Waals surface area contributed by atoms with Gasteiger partial charge in [0.25, 0.3) is 0 Å². The molecular weight excluding hydrogens is 186 g/mol. The molecule has 2 N–H and O–H groups in total. The summed E-state index contributed by atoms with van der Waals surface area (Å²) in [6.45, 7) is 6.55. The Labute approximate surface area is 92.3 Å². The predicted octanol–water partition coefficient (Wildman–Crippen LogP) is 2.35. The molecular formula is C13H21NO. The number of hydrogen-bond donors (Lipinski definition) is 2. The molecule has 0 radical (unpaired) electrons. The Balaban J connectivity index is 2.75. The Kier molecular flexibility index (Phi) is 4.79. The monoisotopic (exact) mass is 207 g/mol. The van der Waals surface area contributed by atoms with Gasteiger partial charge in [-0.05, 0) is 18.4 Å². The summed E-state index contributed by atoms with van der Waals surface area (Å²) in [5, 5.41) is 12.5. The van der Waals surface area contributed by atoms with E-state index in [-0.39, 0.29) is 12.6 Å². The topological polar surface area (TPSA) is 32.3 Å². The van der Waals surface area contributed by atoms with Crippen LogP contribution in [0.15, 0.2) is 30.3 Å². The third-order valence-corrected chi connectivity index (χ3v) is 2.56. The molecule has 0 saturated carbocycles. The first kappa shape index (κ1) is 12.2. The minimum Gasteiger partial charge on any atom is -0.395 e. The fourth-order valence-corrected chi connectivity index (χ4v) is 1.69. The molecule has 0 heterocycles. The lowest BCUT2D eigenvalue weighted by Gasteiger charge is -2.26. The molecule has 1 aromatic rings. The predicted molar refractivity (Wildman–Crippen MR) is 63.7 cm³/mol. The summed E-state index contributed by atoms with van der Waals surface area (Å²) in [7, 11) is 0. The van der Waals surface area contributed by atoms with Crippen molar-refractivity contribution in [2.45, 2.75) is 32.9 Å². The summed E-state index contributed by atoms with van der Waals surface area (Å²) < 4.78 is 0. The molecule has 1 rings (SSSR count). The Hall–Kier alpha value is -0.860. The third-order valence-electron chi connectivity index (χ3n) is 2.56. The van der Waals surface area contributed by atoms with Gasteiger partial charge in [0, 0.05) is 12.1 Å². The van der Waals surface area contributed by atoms with Crippen LogP contribution in [0, 0.1) is 5.92 Å². The van der Waals surface area contributed by atoms with Gasteiger partial charge < -0.3 is 10.4 Å². The molecule has 2 heteroatoms. The second-order valence-corrected chi connectivity index (χ2v) is 4.38. The van der Waals surface area contributed by atoms with Crippen LogP contribution in [0.3, 0.4) is 0 Å². The largest absolute Gasteiger partial charge is 0.395 e. The van der Waals surface area contributed by atoms with Crippen LogP contribution in [0.25, 0.3) is 0 Å². The zero-order chi connectivity index (χ0) is 11.3. The Morgan fingerprint density at radius 1 is 1.13 bits per heavy atom. The van der Waals surface area contributed by atoms with Gasteiger partial charge in [0.1, 0.15) is 0 Å². The third kappa shape index (κ3) is 3.65. The van der Waals surface area contributed by atoms with Gasteiger partial charge in [-0.15, -0.1) is 0 Å². The highest BCUT2D eigenvalue weighted by Gasteiger charge is 2.16. The highest BCUT2D eigenvalue weighted by atomic mass is 16.3. The molecule has 0 aliphatic heterocycles. The van der Waals surface area contributed by atoms with Crippen molar-refractivity contribution in [2.24, 2.45) is 5.92 Å². The first-order valence-electron chi connectivity index (χ1n) is 5.57. The van der Waals surface area contributed by atoms with E-state index in [9.17, 15) is 0 Å². The van der Waals surface area contributed by atoms with Crippen molar-refractivity contribution in [3.8, 4) is 0 Å². The maximum absolute atomic E-state index is 9.05. The van der Waals surface area contributed by atoms with Crippen LogP contribution in [0.5, 0.6) is 0 Å². The van der Waals surface area contributed by atoms with Crippen molar-refractivity contribution >= 4 is 0 Å². The average Bonchev–Trinajstić information content (AvgIpc) is 2.26. The molecule has 2 atom stereocenters. The maximum atomic E-state index is 9.05. The van der Waals surface area contributed by atoms with Crippen LogP contribution >= 0.6 is 0 Å². The van der Waals surface area contributed by atoms with Crippen LogP contribution < -0.4 is 5.32 Å². The second kappa shape index (κ2) is 5.89. The summed E-state index contributed by atoms with van der Waals surface area (Å²) in [6.07, 6.45) is 0. The molecule has 15 heavy (non-hydrogen) atoms. The van der Waals surface area contributed by atoms with Crippen molar-refractivity contribution in [1.29, 1.82) is 0 Å². The lowest BCUT2D eigenvalue weighted by molar-refractivity contribution is 0.229. The average molecular weight is 207 g/mol. The quantitative estimate of drug-likeness (QED) is 0.777. The fourth-order valence-electron chi connectivity index (χ4n) is 1.69. The van der Waals surface area contributed by atoms with Crippen LogP contribution in [0.2, 0.25) is 0 Å². The summed E-state index contributed by atoms with van der Waals surface area (Å²) >= 11 is 0. The highest BCUT2D eigenvalue weighted by Crippen LogP contribution is 2.21. The number of benzene rings is 1. The van der Waals surface area contributed by atoms with Crippen molar-refractivity contribution in [1.82, 2.24) is 5.32 Å².